The van der Waals surface area contributed by atoms with Gasteiger partial charge in [-0.15, -0.1) is 0 Å². The van der Waals surface area contributed by atoms with Crippen molar-refractivity contribution in [1.29, 1.82) is 0 Å². The molecule has 0 radical (unpaired) electrons. The average molecular weight is 467 g/mol. The second-order valence-corrected chi connectivity index (χ2v) is 8.28. The summed E-state index contributed by atoms with van der Waals surface area (Å²) in [5.74, 6) is -0.244. The molecular weight excluding hydrogens is 443 g/mol. The molecule has 0 saturated heterocycles. The molecule has 1 aromatic heterocycles. The Morgan fingerprint density at radius 3 is 2.64 bits per heavy atom. The lowest BCUT2D eigenvalue weighted by atomic mass is 10.00. The van der Waals surface area contributed by atoms with Gasteiger partial charge in [0.15, 0.2) is 0 Å². The summed E-state index contributed by atoms with van der Waals surface area (Å²) in [6, 6.07) is 16.0. The molecule has 3 aromatic rings. The smallest absolute Gasteiger partial charge is 0.252 e. The van der Waals surface area contributed by atoms with Crippen molar-refractivity contribution in [1.82, 2.24) is 15.6 Å². The molecule has 2 aromatic carbocycles. The number of pyridine rings is 1. The van der Waals surface area contributed by atoms with Gasteiger partial charge in [0.05, 0.1) is 10.6 Å². The van der Waals surface area contributed by atoms with Crippen LogP contribution < -0.4 is 15.5 Å². The maximum absolute atomic E-state index is 13.1. The van der Waals surface area contributed by atoms with Gasteiger partial charge in [0.25, 0.3) is 5.91 Å². The number of nitrogens with one attached hydrogen (secondary N) is 2. The number of benzene rings is 2. The van der Waals surface area contributed by atoms with Crippen molar-refractivity contribution in [3.05, 3.63) is 93.9 Å². The number of fused-ring (bicyclic) bond motifs is 1. The Balaban J connectivity index is 1.21. The Hall–Kier alpha value is -3.45. The maximum atomic E-state index is 13.1. The quantitative estimate of drug-likeness (QED) is 0.554. The topological polar surface area (TPSA) is 74.3 Å². The van der Waals surface area contributed by atoms with Gasteiger partial charge in [-0.3, -0.25) is 9.59 Å². The third-order valence-corrected chi connectivity index (χ3v) is 5.88. The van der Waals surface area contributed by atoms with Crippen LogP contribution in [0.25, 0.3) is 0 Å². The van der Waals surface area contributed by atoms with Crippen LogP contribution in [0.15, 0.2) is 60.8 Å². The maximum Gasteiger partial charge on any atom is 0.252 e. The third-order valence-electron chi connectivity index (χ3n) is 5.57. The lowest BCUT2D eigenvalue weighted by molar-refractivity contribution is -0.121. The molecule has 33 heavy (non-hydrogen) atoms. The van der Waals surface area contributed by atoms with E-state index in [1.165, 1.54) is 17.2 Å². The molecule has 1 aliphatic rings. The van der Waals surface area contributed by atoms with Crippen LogP contribution in [0.2, 0.25) is 5.02 Å². The lowest BCUT2D eigenvalue weighted by Gasteiger charge is -2.29. The first-order valence-corrected chi connectivity index (χ1v) is 11.1. The lowest BCUT2D eigenvalue weighted by Crippen LogP contribution is -2.31. The van der Waals surface area contributed by atoms with Crippen LogP contribution in [0.3, 0.4) is 0 Å². The van der Waals surface area contributed by atoms with Crippen molar-refractivity contribution in [3.8, 4) is 0 Å². The van der Waals surface area contributed by atoms with Crippen LogP contribution in [0, 0.1) is 5.82 Å². The predicted molar refractivity (Wildman–Crippen MR) is 126 cm³/mol. The van der Waals surface area contributed by atoms with Gasteiger partial charge in [-0.2, -0.15) is 0 Å². The van der Waals surface area contributed by atoms with Crippen molar-refractivity contribution >= 4 is 29.2 Å². The van der Waals surface area contributed by atoms with Crippen molar-refractivity contribution in [2.45, 2.75) is 25.9 Å². The normalized spacial score (nSPS) is 12.7. The molecule has 0 fully saturated rings. The molecule has 2 N–H and O–H groups in total. The van der Waals surface area contributed by atoms with E-state index in [0.717, 1.165) is 43.0 Å². The third kappa shape index (κ3) is 5.87. The Kier molecular flexibility index (Phi) is 7.19. The minimum absolute atomic E-state index is 0.0293. The highest BCUT2D eigenvalue weighted by Gasteiger charge is 2.17. The Bertz CT molecular complexity index is 1150. The molecule has 2 amide bonds. The van der Waals surface area contributed by atoms with Crippen LogP contribution in [-0.4, -0.2) is 29.9 Å². The number of carbonyl (C=O) groups is 2. The zero-order valence-corrected chi connectivity index (χ0v) is 18.7. The molecule has 0 bridgehead atoms. The molecule has 0 saturated carbocycles. The molecule has 0 spiro atoms. The number of hydrogen-bond acceptors (Lipinski definition) is 4. The molecule has 0 atom stereocenters. The van der Waals surface area contributed by atoms with Crippen molar-refractivity contribution in [3.63, 3.8) is 0 Å². The second-order valence-electron chi connectivity index (χ2n) is 7.87. The Morgan fingerprint density at radius 1 is 1.06 bits per heavy atom. The molecular formula is C25H24ClFN4O2. The van der Waals surface area contributed by atoms with Crippen molar-refractivity contribution in [2.24, 2.45) is 0 Å². The van der Waals surface area contributed by atoms with Gasteiger partial charge >= 0.3 is 0 Å². The number of anilines is 1. The van der Waals surface area contributed by atoms with Gasteiger partial charge in [-0.1, -0.05) is 41.9 Å². The molecule has 0 aliphatic carbocycles. The van der Waals surface area contributed by atoms with Crippen LogP contribution >= 0.6 is 11.6 Å². The van der Waals surface area contributed by atoms with Gasteiger partial charge in [0.1, 0.15) is 11.6 Å². The first kappa shape index (κ1) is 22.7. The number of nitrogens with zero attached hydrogens (tertiary/aromatic N) is 2. The first-order chi connectivity index (χ1) is 16.0. The summed E-state index contributed by atoms with van der Waals surface area (Å²) in [6.07, 6.45) is 2.89. The second kappa shape index (κ2) is 10.4. The molecule has 8 heteroatoms. The van der Waals surface area contributed by atoms with E-state index in [9.17, 15) is 14.0 Å². The fourth-order valence-electron chi connectivity index (χ4n) is 3.75. The summed E-state index contributed by atoms with van der Waals surface area (Å²) in [5.41, 5.74) is 3.79. The molecule has 2 heterocycles. The predicted octanol–water partition coefficient (Wildman–Crippen LogP) is 3.87. The van der Waals surface area contributed by atoms with Gasteiger partial charge < -0.3 is 15.5 Å². The summed E-state index contributed by atoms with van der Waals surface area (Å²) in [6.45, 7) is 2.27. The summed E-state index contributed by atoms with van der Waals surface area (Å²) in [4.78, 5) is 31.0. The van der Waals surface area contributed by atoms with Crippen LogP contribution in [0.1, 0.15) is 33.5 Å². The number of amides is 2. The van der Waals surface area contributed by atoms with Crippen LogP contribution in [0.5, 0.6) is 0 Å². The van der Waals surface area contributed by atoms with E-state index in [0.29, 0.717) is 6.54 Å². The average Bonchev–Trinajstić information content (AvgIpc) is 2.82. The Labute approximate surface area is 196 Å². The van der Waals surface area contributed by atoms with E-state index in [4.69, 9.17) is 11.6 Å². The Morgan fingerprint density at radius 2 is 1.88 bits per heavy atom. The fourth-order valence-corrected chi connectivity index (χ4v) is 4.00. The van der Waals surface area contributed by atoms with Gasteiger partial charge in [-0.25, -0.2) is 9.37 Å². The van der Waals surface area contributed by atoms with E-state index in [2.05, 4.69) is 44.8 Å². The zero-order valence-electron chi connectivity index (χ0n) is 18.0. The van der Waals surface area contributed by atoms with Crippen LogP contribution in [0.4, 0.5) is 10.2 Å². The summed E-state index contributed by atoms with van der Waals surface area (Å²) < 4.78 is 13.1. The molecule has 0 unspecified atom stereocenters. The number of carbonyl (C=O) groups excluding carboxylic acids is 2. The fraction of sp³-hybridized carbons (Fsp3) is 0.240. The molecule has 4 rings (SSSR count). The monoisotopic (exact) mass is 466 g/mol. The van der Waals surface area contributed by atoms with E-state index in [1.54, 1.807) is 6.20 Å². The van der Waals surface area contributed by atoms with Crippen LogP contribution in [-0.2, 0) is 24.3 Å². The molecule has 170 valence electrons. The zero-order chi connectivity index (χ0) is 23.2. The minimum atomic E-state index is -0.514. The van der Waals surface area contributed by atoms with E-state index < -0.39 is 11.7 Å². The number of halogens is 2. The molecule has 1 aliphatic heterocycles. The van der Waals surface area contributed by atoms with Gasteiger partial charge in [0.2, 0.25) is 5.91 Å². The van der Waals surface area contributed by atoms with Gasteiger partial charge in [-0.05, 0) is 47.4 Å². The van der Waals surface area contributed by atoms with Crippen molar-refractivity contribution in [2.75, 3.05) is 18.0 Å². The molecule has 6 nitrogen and oxygen atoms in total. The highest BCUT2D eigenvalue weighted by atomic mass is 35.5. The van der Waals surface area contributed by atoms with Gasteiger partial charge in [0, 0.05) is 38.8 Å². The summed E-state index contributed by atoms with van der Waals surface area (Å²) >= 11 is 5.88. The SMILES string of the molecule is O=C(CCNC(=O)c1ccc(F)cc1Cl)NCc1ccc(N2CCc3ccccc3C2)nc1. The van der Waals surface area contributed by atoms with E-state index >= 15 is 0 Å². The summed E-state index contributed by atoms with van der Waals surface area (Å²) in [7, 11) is 0. The number of rotatable bonds is 7. The first-order valence-electron chi connectivity index (χ1n) is 10.8. The van der Waals surface area contributed by atoms with E-state index in [-0.39, 0.29) is 29.5 Å². The summed E-state index contributed by atoms with van der Waals surface area (Å²) in [5, 5.41) is 5.47. The standard InChI is InChI=1S/C25H24ClFN4O2/c26-22-13-20(27)6-7-21(22)25(33)28-11-9-24(32)30-15-17-5-8-23(29-14-17)31-12-10-18-3-1-2-4-19(18)16-31/h1-8,13-14H,9-12,15-16H2,(H,28,33)(H,30,32). The number of hydrogen-bond donors (Lipinski definition) is 2. The number of aromatic nitrogens is 1. The highest BCUT2D eigenvalue weighted by molar-refractivity contribution is 6.33. The van der Waals surface area contributed by atoms with Crippen molar-refractivity contribution < 1.29 is 14.0 Å². The largest absolute Gasteiger partial charge is 0.352 e. The highest BCUT2D eigenvalue weighted by Crippen LogP contribution is 2.23. The minimum Gasteiger partial charge on any atom is -0.352 e. The van der Waals surface area contributed by atoms with E-state index in [1.807, 2.05) is 12.1 Å².